The molecule has 10 heteroatoms. The van der Waals surface area contributed by atoms with Crippen LogP contribution in [0.25, 0.3) is 0 Å². The quantitative estimate of drug-likeness (QED) is 0.207. The summed E-state index contributed by atoms with van der Waals surface area (Å²) in [6.07, 6.45) is 11.6. The number of aliphatic hydroxyl groups excluding tert-OH is 1. The second-order valence-corrected chi connectivity index (χ2v) is 10.2. The molecule has 1 saturated heterocycles. The molecule has 0 aliphatic carbocycles. The molecular formula is C29H37N5O4S. The molecule has 0 spiro atoms. The number of thioether (sulfide) groups is 1. The zero-order valence-electron chi connectivity index (χ0n) is 23.0. The molecule has 1 aliphatic heterocycles. The number of rotatable bonds is 12. The molecule has 9 nitrogen and oxygen atoms in total. The number of anilines is 1. The summed E-state index contributed by atoms with van der Waals surface area (Å²) in [7, 11) is 0. The maximum absolute atomic E-state index is 13.5. The summed E-state index contributed by atoms with van der Waals surface area (Å²) in [6, 6.07) is 6.11. The number of benzene rings is 1. The molecule has 3 atom stereocenters. The first kappa shape index (κ1) is 31.5. The Morgan fingerprint density at radius 1 is 1.18 bits per heavy atom. The molecule has 1 aromatic rings. The van der Waals surface area contributed by atoms with Crippen molar-refractivity contribution in [3.8, 4) is 12.3 Å². The molecule has 1 fully saturated rings. The molecule has 2 unspecified atom stereocenters. The van der Waals surface area contributed by atoms with Crippen molar-refractivity contribution in [1.29, 1.82) is 0 Å². The van der Waals surface area contributed by atoms with Gasteiger partial charge in [0.25, 0.3) is 0 Å². The van der Waals surface area contributed by atoms with Crippen LogP contribution in [0.5, 0.6) is 0 Å². The third-order valence-corrected chi connectivity index (χ3v) is 6.74. The lowest BCUT2D eigenvalue weighted by Gasteiger charge is -2.18. The van der Waals surface area contributed by atoms with Crippen LogP contribution in [-0.2, 0) is 14.4 Å². The number of amides is 3. The van der Waals surface area contributed by atoms with E-state index in [9.17, 15) is 19.5 Å². The number of terminal acetylenes is 1. The number of aliphatic imine (C=N–C) groups is 2. The van der Waals surface area contributed by atoms with E-state index in [-0.39, 0.29) is 24.9 Å². The molecule has 3 N–H and O–H groups in total. The van der Waals surface area contributed by atoms with Crippen molar-refractivity contribution in [2.45, 2.75) is 70.9 Å². The Balaban J connectivity index is 2.13. The van der Waals surface area contributed by atoms with Gasteiger partial charge in [-0.15, -0.1) is 12.3 Å². The third kappa shape index (κ3) is 9.53. The fourth-order valence-corrected chi connectivity index (χ4v) is 4.78. The Morgan fingerprint density at radius 3 is 2.46 bits per heavy atom. The van der Waals surface area contributed by atoms with Gasteiger partial charge in [0, 0.05) is 36.5 Å². The van der Waals surface area contributed by atoms with Gasteiger partial charge < -0.3 is 15.7 Å². The van der Waals surface area contributed by atoms with Gasteiger partial charge in [-0.2, -0.15) is 0 Å². The Morgan fingerprint density at radius 2 is 1.87 bits per heavy atom. The van der Waals surface area contributed by atoms with E-state index in [4.69, 9.17) is 6.42 Å². The molecule has 0 radical (unpaired) electrons. The molecule has 0 aromatic heterocycles. The maximum atomic E-state index is 13.5. The third-order valence-electron chi connectivity index (χ3n) is 5.50. The molecule has 0 bridgehead atoms. The summed E-state index contributed by atoms with van der Waals surface area (Å²) in [4.78, 5) is 48.8. The van der Waals surface area contributed by atoms with Crippen molar-refractivity contribution < 1.29 is 19.5 Å². The van der Waals surface area contributed by atoms with Crippen LogP contribution in [0, 0.1) is 12.3 Å². The van der Waals surface area contributed by atoms with Crippen LogP contribution in [-0.4, -0.2) is 63.3 Å². The minimum absolute atomic E-state index is 0.00518. The second-order valence-electron chi connectivity index (χ2n) is 9.15. The van der Waals surface area contributed by atoms with Crippen LogP contribution in [0.3, 0.4) is 0 Å². The van der Waals surface area contributed by atoms with Gasteiger partial charge in [0.05, 0.1) is 6.54 Å². The van der Waals surface area contributed by atoms with E-state index in [1.54, 1.807) is 60.5 Å². The number of aliphatic hydroxyl groups is 1. The lowest BCUT2D eigenvalue weighted by atomic mass is 10.1. The summed E-state index contributed by atoms with van der Waals surface area (Å²) in [5, 5.41) is 15.2. The highest BCUT2D eigenvalue weighted by atomic mass is 32.2. The summed E-state index contributed by atoms with van der Waals surface area (Å²) < 4.78 is 0. The van der Waals surface area contributed by atoms with Gasteiger partial charge in [-0.25, -0.2) is 0 Å². The summed E-state index contributed by atoms with van der Waals surface area (Å²) in [5.41, 5.74) is 1.96. The number of allylic oxidation sites excluding steroid dienone is 2. The molecule has 208 valence electrons. The molecule has 0 saturated carbocycles. The Hall–Kier alpha value is -3.68. The topological polar surface area (TPSA) is 123 Å². The average Bonchev–Trinajstić information content (AvgIpc) is 3.20. The van der Waals surface area contributed by atoms with Crippen LogP contribution in [0.1, 0.15) is 58.3 Å². The number of hydrogen-bond donors (Lipinski definition) is 3. The predicted molar refractivity (Wildman–Crippen MR) is 158 cm³/mol. The van der Waals surface area contributed by atoms with Gasteiger partial charge in [-0.3, -0.25) is 29.3 Å². The van der Waals surface area contributed by atoms with E-state index >= 15 is 0 Å². The highest BCUT2D eigenvalue weighted by molar-refractivity contribution is 8.15. The fourth-order valence-electron chi connectivity index (χ4n) is 3.49. The van der Waals surface area contributed by atoms with Crippen molar-refractivity contribution in [3.63, 3.8) is 0 Å². The van der Waals surface area contributed by atoms with E-state index in [1.807, 2.05) is 20.8 Å². The van der Waals surface area contributed by atoms with Crippen molar-refractivity contribution in [3.05, 3.63) is 54.3 Å². The molecule has 1 heterocycles. The van der Waals surface area contributed by atoms with E-state index in [2.05, 4.69) is 26.5 Å². The highest BCUT2D eigenvalue weighted by Crippen LogP contribution is 2.40. The first-order chi connectivity index (χ1) is 18.6. The van der Waals surface area contributed by atoms with E-state index < -0.39 is 29.2 Å². The number of carbonyl (C=O) groups is 3. The van der Waals surface area contributed by atoms with Crippen molar-refractivity contribution in [2.24, 2.45) is 9.98 Å². The van der Waals surface area contributed by atoms with E-state index in [0.29, 0.717) is 23.0 Å². The van der Waals surface area contributed by atoms with Gasteiger partial charge in [0.15, 0.2) is 5.17 Å². The first-order valence-electron chi connectivity index (χ1n) is 12.8. The molecule has 2 rings (SSSR count). The number of hydrogen-bond acceptors (Lipinski definition) is 7. The number of nitrogens with one attached hydrogen (secondary N) is 2. The highest BCUT2D eigenvalue weighted by Gasteiger charge is 2.39. The number of amidine groups is 1. The standard InChI is InChI=1S/C29H37N5O4S/c1-7-10-12-24(35)27(37)32-20(6)26(36)33-22-15-13-21(14-16-22)25-28(38)34(29(39-25)31-19(4)5)18-23(11-8-2)30-17-9-3/h2,7,9-10,13-17,19-20,24-25,35H,11-12,18H2,1,3-6H3,(H,32,37)(H,33,36)/b10-7-,17-9-,30-23?,31-29?/t20-,24?,25?/m0/s1. The minimum atomic E-state index is -1.22. The van der Waals surface area contributed by atoms with Crippen LogP contribution in [0.15, 0.2) is 58.7 Å². The minimum Gasteiger partial charge on any atom is -0.383 e. The van der Waals surface area contributed by atoms with Gasteiger partial charge in [-0.05, 0) is 52.3 Å². The normalized spacial score (nSPS) is 18.7. The summed E-state index contributed by atoms with van der Waals surface area (Å²) in [5.74, 6) is 1.43. The molecule has 39 heavy (non-hydrogen) atoms. The van der Waals surface area contributed by atoms with Gasteiger partial charge in [0.2, 0.25) is 17.7 Å². The van der Waals surface area contributed by atoms with Crippen molar-refractivity contribution in [2.75, 3.05) is 11.9 Å². The van der Waals surface area contributed by atoms with Crippen LogP contribution in [0.4, 0.5) is 5.69 Å². The lowest BCUT2D eigenvalue weighted by molar-refractivity contribution is -0.132. The van der Waals surface area contributed by atoms with Gasteiger partial charge >= 0.3 is 0 Å². The van der Waals surface area contributed by atoms with Crippen molar-refractivity contribution >= 4 is 46.1 Å². The largest absolute Gasteiger partial charge is 0.383 e. The van der Waals surface area contributed by atoms with E-state index in [1.165, 1.54) is 18.7 Å². The van der Waals surface area contributed by atoms with Crippen molar-refractivity contribution in [1.82, 2.24) is 10.2 Å². The smallest absolute Gasteiger partial charge is 0.249 e. The van der Waals surface area contributed by atoms with Crippen LogP contribution >= 0.6 is 11.8 Å². The Kier molecular flexibility index (Phi) is 12.7. The fraction of sp³-hybridized carbons (Fsp3) is 0.414. The Labute approximate surface area is 234 Å². The maximum Gasteiger partial charge on any atom is 0.249 e. The zero-order valence-corrected chi connectivity index (χ0v) is 23.9. The average molecular weight is 552 g/mol. The molecule has 1 aliphatic rings. The molecule has 3 amide bonds. The van der Waals surface area contributed by atoms with E-state index in [0.717, 1.165) is 5.56 Å². The molecular weight excluding hydrogens is 514 g/mol. The number of nitrogens with zero attached hydrogens (tertiary/aromatic N) is 3. The summed E-state index contributed by atoms with van der Waals surface area (Å²) in [6.45, 7) is 9.34. The van der Waals surface area contributed by atoms with Gasteiger partial charge in [0.1, 0.15) is 17.4 Å². The monoisotopic (exact) mass is 551 g/mol. The summed E-state index contributed by atoms with van der Waals surface area (Å²) >= 11 is 1.37. The van der Waals surface area contributed by atoms with Crippen LogP contribution < -0.4 is 10.6 Å². The zero-order chi connectivity index (χ0) is 28.9. The predicted octanol–water partition coefficient (Wildman–Crippen LogP) is 3.84. The second kappa shape index (κ2) is 15.7. The van der Waals surface area contributed by atoms with Gasteiger partial charge in [-0.1, -0.05) is 42.1 Å². The lowest BCUT2D eigenvalue weighted by Crippen LogP contribution is -2.45. The SMILES string of the molecule is C#CCC(CN1C(=O)C(c2ccc(NC(=O)[C@H](C)NC(=O)C(O)C/C=C\C)cc2)SC1=NC(C)C)=N/C=C\C. The Bertz CT molecular complexity index is 1180. The number of carbonyl (C=O) groups excluding carboxylic acids is 3. The van der Waals surface area contributed by atoms with Crippen LogP contribution in [0.2, 0.25) is 0 Å². The molecule has 1 aromatic carbocycles. The first-order valence-corrected chi connectivity index (χ1v) is 13.7.